The number of benzene rings is 1. The van der Waals surface area contributed by atoms with Crippen LogP contribution in [0.5, 0.6) is 0 Å². The molecule has 0 bridgehead atoms. The maximum Gasteiger partial charge on any atom is 0.266 e. The van der Waals surface area contributed by atoms with Crippen molar-refractivity contribution >= 4 is 62.9 Å². The summed E-state index contributed by atoms with van der Waals surface area (Å²) in [6.07, 6.45) is 3.65. The first-order valence-corrected chi connectivity index (χ1v) is 9.13. The van der Waals surface area contributed by atoms with Crippen LogP contribution >= 0.6 is 24.0 Å². The van der Waals surface area contributed by atoms with E-state index in [9.17, 15) is 9.59 Å². The molecule has 1 aliphatic heterocycles. The second-order valence-corrected chi connectivity index (χ2v) is 7.47. The van der Waals surface area contributed by atoms with E-state index in [0.717, 1.165) is 5.69 Å². The van der Waals surface area contributed by atoms with Gasteiger partial charge < -0.3 is 9.88 Å². The largest absolute Gasteiger partial charge is 0.351 e. The minimum absolute atomic E-state index is 0.184. The van der Waals surface area contributed by atoms with E-state index in [4.69, 9.17) is 12.2 Å². The lowest BCUT2D eigenvalue weighted by Crippen LogP contribution is -2.36. The molecule has 0 unspecified atom stereocenters. The Balaban J connectivity index is 1.49. The van der Waals surface area contributed by atoms with Gasteiger partial charge in [0.15, 0.2) is 5.52 Å². The zero-order valence-electron chi connectivity index (χ0n) is 14.1. The molecule has 4 rings (SSSR count). The fraction of sp³-hybridized carbons (Fsp3) is 0.118. The number of carbonyl (C=O) groups excluding carboxylic acids is 2. The summed E-state index contributed by atoms with van der Waals surface area (Å²) in [5, 5.41) is 10.2. The van der Waals surface area contributed by atoms with Crippen molar-refractivity contribution in [1.29, 1.82) is 0 Å². The number of rotatable bonds is 4. The van der Waals surface area contributed by atoms with Crippen LogP contribution in [0.4, 0.5) is 5.69 Å². The number of aromatic nitrogens is 3. The molecule has 1 aliphatic rings. The van der Waals surface area contributed by atoms with E-state index >= 15 is 0 Å². The highest BCUT2D eigenvalue weighted by atomic mass is 32.2. The molecule has 1 aromatic carbocycles. The number of fused-ring (bicyclic) bond motifs is 1. The van der Waals surface area contributed by atoms with E-state index in [-0.39, 0.29) is 18.4 Å². The van der Waals surface area contributed by atoms with E-state index in [1.807, 2.05) is 29.9 Å². The number of carbonyl (C=O) groups is 2. The summed E-state index contributed by atoms with van der Waals surface area (Å²) < 4.78 is 6.92. The van der Waals surface area contributed by atoms with Crippen LogP contribution in [0.15, 0.2) is 46.1 Å². The Morgan fingerprint density at radius 3 is 2.96 bits per heavy atom. The van der Waals surface area contributed by atoms with Gasteiger partial charge in [0.05, 0.1) is 10.6 Å². The van der Waals surface area contributed by atoms with Gasteiger partial charge >= 0.3 is 0 Å². The molecule has 0 atom stereocenters. The molecule has 1 N–H and O–H groups in total. The van der Waals surface area contributed by atoms with Crippen molar-refractivity contribution in [3.63, 3.8) is 0 Å². The molecule has 1 saturated heterocycles. The predicted molar refractivity (Wildman–Crippen MR) is 106 cm³/mol. The molecular formula is C17H13N5O3S2. The molecule has 3 heterocycles. The molecular weight excluding hydrogens is 386 g/mol. The van der Waals surface area contributed by atoms with Gasteiger partial charge in [-0.3, -0.25) is 14.5 Å². The van der Waals surface area contributed by atoms with Crippen molar-refractivity contribution in [3.8, 4) is 0 Å². The summed E-state index contributed by atoms with van der Waals surface area (Å²) in [5.41, 5.74) is 2.32. The number of hydrogen-bond acceptors (Lipinski definition) is 7. The van der Waals surface area contributed by atoms with E-state index in [0.29, 0.717) is 25.9 Å². The second-order valence-electron chi connectivity index (χ2n) is 5.80. The number of nitrogens with zero attached hydrogens (tertiary/aromatic N) is 4. The van der Waals surface area contributed by atoms with Crippen LogP contribution < -0.4 is 5.32 Å². The third-order valence-corrected chi connectivity index (χ3v) is 5.38. The third kappa shape index (κ3) is 3.36. The van der Waals surface area contributed by atoms with Crippen LogP contribution in [0.1, 0.15) is 5.69 Å². The van der Waals surface area contributed by atoms with Crippen LogP contribution in [0.3, 0.4) is 0 Å². The Bertz CT molecular complexity index is 1100. The van der Waals surface area contributed by atoms with Gasteiger partial charge in [-0.25, -0.2) is 4.63 Å². The number of amides is 2. The van der Waals surface area contributed by atoms with Crippen LogP contribution in [-0.4, -0.2) is 42.5 Å². The van der Waals surface area contributed by atoms with Crippen LogP contribution in [0, 0.1) is 0 Å². The Hall–Kier alpha value is -2.98. The molecule has 10 heteroatoms. The standard InChI is InChI=1S/C17H13N5O3S2/c1-21-7-3-4-10(21)8-13-16(24)22(17(26)27-13)9-14(23)18-11-5-2-6-12-15(11)20-25-19-12/h2-8H,9H2,1H3,(H,18,23). The summed E-state index contributed by atoms with van der Waals surface area (Å²) >= 11 is 6.45. The highest BCUT2D eigenvalue weighted by Crippen LogP contribution is 2.32. The molecule has 2 amide bonds. The van der Waals surface area contributed by atoms with E-state index < -0.39 is 0 Å². The summed E-state index contributed by atoms with van der Waals surface area (Å²) in [4.78, 5) is 26.8. The first-order valence-electron chi connectivity index (χ1n) is 7.91. The number of thiocarbonyl (C=S) groups is 1. The van der Waals surface area contributed by atoms with Gasteiger partial charge in [0.25, 0.3) is 5.91 Å². The van der Waals surface area contributed by atoms with Crippen molar-refractivity contribution in [3.05, 3.63) is 47.1 Å². The van der Waals surface area contributed by atoms with Gasteiger partial charge in [-0.2, -0.15) is 0 Å². The number of aryl methyl sites for hydroxylation is 1. The number of nitrogens with one attached hydrogen (secondary N) is 1. The van der Waals surface area contributed by atoms with Crippen LogP contribution in [0.25, 0.3) is 17.1 Å². The average Bonchev–Trinajstić information content (AvgIpc) is 3.33. The first kappa shape index (κ1) is 17.4. The highest BCUT2D eigenvalue weighted by molar-refractivity contribution is 8.26. The van der Waals surface area contributed by atoms with E-state index in [1.54, 1.807) is 24.3 Å². The molecule has 136 valence electrons. The number of hydrogen-bond donors (Lipinski definition) is 1. The lowest BCUT2D eigenvalue weighted by molar-refractivity contribution is -0.126. The predicted octanol–water partition coefficient (Wildman–Crippen LogP) is 2.40. The second kappa shape index (κ2) is 6.97. The fourth-order valence-electron chi connectivity index (χ4n) is 2.64. The highest BCUT2D eigenvalue weighted by Gasteiger charge is 2.33. The third-order valence-electron chi connectivity index (χ3n) is 4.00. The van der Waals surface area contributed by atoms with Crippen molar-refractivity contribution in [1.82, 2.24) is 19.8 Å². The fourth-order valence-corrected chi connectivity index (χ4v) is 3.88. The lowest BCUT2D eigenvalue weighted by Gasteiger charge is -2.14. The molecule has 2 aromatic heterocycles. The maximum absolute atomic E-state index is 12.6. The SMILES string of the molecule is Cn1cccc1C=C1SC(=S)N(CC(=O)Nc2cccc3nonc23)C1=O. The Morgan fingerprint density at radius 2 is 2.19 bits per heavy atom. The van der Waals surface area contributed by atoms with Gasteiger partial charge in [-0.1, -0.05) is 30.0 Å². The van der Waals surface area contributed by atoms with Crippen molar-refractivity contribution in [2.45, 2.75) is 0 Å². The quantitative estimate of drug-likeness (QED) is 0.532. The van der Waals surface area contributed by atoms with Crippen molar-refractivity contribution in [2.24, 2.45) is 7.05 Å². The zero-order valence-corrected chi connectivity index (χ0v) is 15.7. The normalized spacial score (nSPS) is 15.9. The van der Waals surface area contributed by atoms with Crippen LogP contribution in [-0.2, 0) is 16.6 Å². The van der Waals surface area contributed by atoms with Crippen molar-refractivity contribution in [2.75, 3.05) is 11.9 Å². The summed E-state index contributed by atoms with van der Waals surface area (Å²) in [6, 6.07) is 8.91. The average molecular weight is 399 g/mol. The minimum Gasteiger partial charge on any atom is -0.351 e. The Morgan fingerprint density at radius 1 is 1.33 bits per heavy atom. The van der Waals surface area contributed by atoms with Crippen LogP contribution in [0.2, 0.25) is 0 Å². The maximum atomic E-state index is 12.6. The minimum atomic E-state index is -0.387. The number of thioether (sulfide) groups is 1. The molecule has 8 nitrogen and oxygen atoms in total. The van der Waals surface area contributed by atoms with Gasteiger partial charge in [-0.15, -0.1) is 0 Å². The lowest BCUT2D eigenvalue weighted by atomic mass is 10.2. The van der Waals surface area contributed by atoms with E-state index in [2.05, 4.69) is 20.3 Å². The first-order chi connectivity index (χ1) is 13.0. The molecule has 0 saturated carbocycles. The monoisotopic (exact) mass is 399 g/mol. The molecule has 0 spiro atoms. The topological polar surface area (TPSA) is 93.3 Å². The molecule has 0 aliphatic carbocycles. The van der Waals surface area contributed by atoms with Crippen molar-refractivity contribution < 1.29 is 14.2 Å². The Labute approximate surface area is 163 Å². The zero-order chi connectivity index (χ0) is 19.0. The van der Waals surface area contributed by atoms with Gasteiger partial charge in [-0.05, 0) is 40.7 Å². The molecule has 1 fully saturated rings. The Kier molecular flexibility index (Phi) is 4.50. The molecule has 27 heavy (non-hydrogen) atoms. The summed E-state index contributed by atoms with van der Waals surface area (Å²) in [7, 11) is 1.89. The van der Waals surface area contributed by atoms with Gasteiger partial charge in [0.2, 0.25) is 5.91 Å². The molecule has 0 radical (unpaired) electrons. The summed E-state index contributed by atoms with van der Waals surface area (Å²) in [5.74, 6) is -0.676. The van der Waals surface area contributed by atoms with E-state index in [1.165, 1.54) is 16.7 Å². The van der Waals surface area contributed by atoms with Gasteiger partial charge in [0.1, 0.15) is 16.4 Å². The number of anilines is 1. The van der Waals surface area contributed by atoms with Gasteiger partial charge in [0, 0.05) is 18.9 Å². The molecule has 3 aromatic rings. The summed E-state index contributed by atoms with van der Waals surface area (Å²) in [6.45, 7) is -0.184. The smallest absolute Gasteiger partial charge is 0.266 e.